The molecule has 0 aromatic carbocycles. The largest absolute Gasteiger partial charge is 0.379 e. The lowest BCUT2D eigenvalue weighted by Gasteiger charge is -2.39. The van der Waals surface area contributed by atoms with Crippen LogP contribution < -0.4 is 0 Å². The smallest absolute Gasteiger partial charge is 0.158 e. The van der Waals surface area contributed by atoms with Crippen LogP contribution in [0.1, 0.15) is 25.2 Å². The maximum absolute atomic E-state index is 12.7. The second kappa shape index (κ2) is 5.84. The molecule has 0 unspecified atom stereocenters. The third-order valence-corrected chi connectivity index (χ3v) is 4.57. The summed E-state index contributed by atoms with van der Waals surface area (Å²) in [5.41, 5.74) is 1.04. The molecule has 0 N–H and O–H groups in total. The first-order valence-electron chi connectivity index (χ1n) is 6.88. The van der Waals surface area contributed by atoms with E-state index in [4.69, 9.17) is 16.3 Å². The van der Waals surface area contributed by atoms with E-state index in [9.17, 15) is 4.79 Å². The molecule has 1 fully saturated rings. The SMILES string of the molecule is Cc1nn(C)c(CC(=O)C(C)(C)N2CCOCC2)c1Cl. The van der Waals surface area contributed by atoms with Crippen LogP contribution >= 0.6 is 11.6 Å². The van der Waals surface area contributed by atoms with Gasteiger partial charge < -0.3 is 4.74 Å². The Morgan fingerprint density at radius 2 is 2.00 bits per heavy atom. The van der Waals surface area contributed by atoms with Crippen molar-refractivity contribution < 1.29 is 9.53 Å². The molecule has 0 atom stereocenters. The van der Waals surface area contributed by atoms with Crippen LogP contribution in [0.5, 0.6) is 0 Å². The molecule has 0 spiro atoms. The van der Waals surface area contributed by atoms with E-state index in [1.807, 2.05) is 27.8 Å². The maximum atomic E-state index is 12.7. The number of ketones is 1. The summed E-state index contributed by atoms with van der Waals surface area (Å²) < 4.78 is 7.05. The van der Waals surface area contributed by atoms with Crippen molar-refractivity contribution in [2.24, 2.45) is 7.05 Å². The molecule has 0 radical (unpaired) electrons. The van der Waals surface area contributed by atoms with E-state index in [0.717, 1.165) is 24.5 Å². The van der Waals surface area contributed by atoms with Gasteiger partial charge in [-0.3, -0.25) is 14.4 Å². The number of Topliss-reactive ketones (excluding diaryl/α,β-unsaturated/α-hetero) is 1. The Bertz CT molecular complexity index is 505. The molecule has 5 nitrogen and oxygen atoms in total. The summed E-state index contributed by atoms with van der Waals surface area (Å²) in [4.78, 5) is 14.8. The summed E-state index contributed by atoms with van der Waals surface area (Å²) >= 11 is 6.22. The third kappa shape index (κ3) is 2.90. The molecule has 112 valence electrons. The van der Waals surface area contributed by atoms with Gasteiger partial charge in [0.2, 0.25) is 0 Å². The highest BCUT2D eigenvalue weighted by Gasteiger charge is 2.35. The second-order valence-electron chi connectivity index (χ2n) is 5.73. The summed E-state index contributed by atoms with van der Waals surface area (Å²) in [5.74, 6) is 0.157. The lowest BCUT2D eigenvalue weighted by Crippen LogP contribution is -2.55. The van der Waals surface area contributed by atoms with Gasteiger partial charge in [0.1, 0.15) is 0 Å². The van der Waals surface area contributed by atoms with Crippen LogP contribution in [0.15, 0.2) is 0 Å². The summed E-state index contributed by atoms with van der Waals surface area (Å²) in [6, 6.07) is 0. The Kier molecular flexibility index (Phi) is 4.52. The Morgan fingerprint density at radius 3 is 2.50 bits per heavy atom. The van der Waals surface area contributed by atoms with Crippen molar-refractivity contribution in [2.75, 3.05) is 26.3 Å². The zero-order valence-electron chi connectivity index (χ0n) is 12.6. The van der Waals surface area contributed by atoms with Crippen molar-refractivity contribution in [3.63, 3.8) is 0 Å². The number of aromatic nitrogens is 2. The molecule has 0 saturated carbocycles. The maximum Gasteiger partial charge on any atom is 0.158 e. The Hall–Kier alpha value is -0.910. The predicted molar refractivity (Wildman–Crippen MR) is 78.1 cm³/mol. The van der Waals surface area contributed by atoms with Crippen molar-refractivity contribution >= 4 is 17.4 Å². The Labute approximate surface area is 124 Å². The minimum atomic E-state index is -0.509. The average Bonchev–Trinajstić information content (AvgIpc) is 2.66. The minimum absolute atomic E-state index is 0.157. The van der Waals surface area contributed by atoms with Crippen molar-refractivity contribution in [2.45, 2.75) is 32.7 Å². The van der Waals surface area contributed by atoms with Crippen LogP contribution in [0.4, 0.5) is 0 Å². The van der Waals surface area contributed by atoms with Gasteiger partial charge in [-0.15, -0.1) is 0 Å². The summed E-state index contributed by atoms with van der Waals surface area (Å²) in [7, 11) is 1.82. The van der Waals surface area contributed by atoms with Crippen LogP contribution in [-0.4, -0.2) is 52.3 Å². The highest BCUT2D eigenvalue weighted by atomic mass is 35.5. The fourth-order valence-electron chi connectivity index (χ4n) is 2.54. The Morgan fingerprint density at radius 1 is 1.40 bits per heavy atom. The second-order valence-corrected chi connectivity index (χ2v) is 6.11. The number of aryl methyl sites for hydroxylation is 2. The van der Waals surface area contributed by atoms with E-state index in [1.54, 1.807) is 4.68 Å². The predicted octanol–water partition coefficient (Wildman–Crippen LogP) is 1.60. The van der Waals surface area contributed by atoms with E-state index in [2.05, 4.69) is 10.00 Å². The molecule has 0 aliphatic carbocycles. The van der Waals surface area contributed by atoms with Gasteiger partial charge in [-0.25, -0.2) is 0 Å². The summed E-state index contributed by atoms with van der Waals surface area (Å²) in [6.07, 6.45) is 0.306. The fourth-order valence-corrected chi connectivity index (χ4v) is 2.77. The number of hydrogen-bond acceptors (Lipinski definition) is 4. The lowest BCUT2D eigenvalue weighted by molar-refractivity contribution is -0.131. The van der Waals surface area contributed by atoms with Crippen LogP contribution in [0, 0.1) is 6.92 Å². The molecular weight excluding hydrogens is 278 g/mol. The van der Waals surface area contributed by atoms with Crippen LogP contribution in [0.2, 0.25) is 5.02 Å². The first-order valence-corrected chi connectivity index (χ1v) is 7.26. The highest BCUT2D eigenvalue weighted by molar-refractivity contribution is 6.32. The van der Waals surface area contributed by atoms with Crippen molar-refractivity contribution in [3.8, 4) is 0 Å². The van der Waals surface area contributed by atoms with Gasteiger partial charge in [0.25, 0.3) is 0 Å². The van der Waals surface area contributed by atoms with Crippen LogP contribution in [0.3, 0.4) is 0 Å². The molecule has 1 aliphatic rings. The van der Waals surface area contributed by atoms with E-state index in [0.29, 0.717) is 24.7 Å². The van der Waals surface area contributed by atoms with Crippen LogP contribution in [0.25, 0.3) is 0 Å². The molecule has 2 heterocycles. The number of hydrogen-bond donors (Lipinski definition) is 0. The lowest BCUT2D eigenvalue weighted by atomic mass is 9.92. The summed E-state index contributed by atoms with van der Waals surface area (Å²) in [6.45, 7) is 8.73. The van der Waals surface area contributed by atoms with Crippen molar-refractivity contribution in [1.29, 1.82) is 0 Å². The number of carbonyl (C=O) groups is 1. The third-order valence-electron chi connectivity index (χ3n) is 4.07. The van der Waals surface area contributed by atoms with Gasteiger partial charge in [0.15, 0.2) is 5.78 Å². The molecule has 0 bridgehead atoms. The minimum Gasteiger partial charge on any atom is -0.379 e. The van der Waals surface area contributed by atoms with Gasteiger partial charge in [0, 0.05) is 20.1 Å². The monoisotopic (exact) mass is 299 g/mol. The highest BCUT2D eigenvalue weighted by Crippen LogP contribution is 2.24. The molecule has 1 saturated heterocycles. The zero-order valence-corrected chi connectivity index (χ0v) is 13.3. The quantitative estimate of drug-likeness (QED) is 0.847. The fraction of sp³-hybridized carbons (Fsp3) is 0.714. The number of morpholine rings is 1. The zero-order chi connectivity index (χ0) is 14.9. The number of halogens is 1. The Balaban J connectivity index is 2.14. The van der Waals surface area contributed by atoms with Crippen molar-refractivity contribution in [3.05, 3.63) is 16.4 Å². The molecule has 20 heavy (non-hydrogen) atoms. The van der Waals surface area contributed by atoms with Gasteiger partial charge >= 0.3 is 0 Å². The normalized spacial score (nSPS) is 17.4. The number of rotatable bonds is 4. The molecule has 0 amide bonds. The van der Waals surface area contributed by atoms with Crippen LogP contribution in [-0.2, 0) is 23.0 Å². The van der Waals surface area contributed by atoms with E-state index >= 15 is 0 Å². The van der Waals surface area contributed by atoms with Gasteiger partial charge in [-0.05, 0) is 20.8 Å². The molecule has 2 rings (SSSR count). The van der Waals surface area contributed by atoms with Gasteiger partial charge in [-0.2, -0.15) is 5.10 Å². The summed E-state index contributed by atoms with van der Waals surface area (Å²) in [5, 5.41) is 4.85. The topological polar surface area (TPSA) is 47.4 Å². The average molecular weight is 300 g/mol. The van der Waals surface area contributed by atoms with Crippen molar-refractivity contribution in [1.82, 2.24) is 14.7 Å². The standard InChI is InChI=1S/C14H22ClN3O2/c1-10-13(15)11(17(4)16-10)9-12(19)14(2,3)18-5-7-20-8-6-18/h5-9H2,1-4H3. The molecular formula is C14H22ClN3O2. The van der Waals surface area contributed by atoms with E-state index in [-0.39, 0.29) is 5.78 Å². The first kappa shape index (κ1) is 15.5. The number of carbonyl (C=O) groups excluding carboxylic acids is 1. The van der Waals surface area contributed by atoms with Gasteiger partial charge in [-0.1, -0.05) is 11.6 Å². The van der Waals surface area contributed by atoms with Gasteiger partial charge in [0.05, 0.1) is 41.6 Å². The molecule has 6 heteroatoms. The molecule has 1 aliphatic heterocycles. The molecule has 1 aromatic rings. The number of ether oxygens (including phenoxy) is 1. The first-order chi connectivity index (χ1) is 9.34. The number of nitrogens with zero attached hydrogens (tertiary/aromatic N) is 3. The van der Waals surface area contributed by atoms with E-state index in [1.165, 1.54) is 0 Å². The van der Waals surface area contributed by atoms with E-state index < -0.39 is 5.54 Å². The molecule has 1 aromatic heterocycles.